The highest BCUT2D eigenvalue weighted by Gasteiger charge is 2.30. The molecule has 1 saturated heterocycles. The van der Waals surface area contributed by atoms with Crippen LogP contribution in [0.15, 0.2) is 24.7 Å². The number of carbonyl (C=O) groups excluding carboxylic acids is 1. The van der Waals surface area contributed by atoms with Gasteiger partial charge in [-0.1, -0.05) is 0 Å². The lowest BCUT2D eigenvalue weighted by molar-refractivity contribution is 0.0764. The minimum atomic E-state index is -0.0855. The number of carbonyl (C=O) groups is 1. The Kier molecular flexibility index (Phi) is 4.64. The second-order valence-electron chi connectivity index (χ2n) is 5.92. The standard InChI is InChI=1S/C16H22N6O2/c1-4-22-10-6-13(19-22)16(23)21-9-5-12(11-21)24-15-14(20(2)3)17-7-8-18-15/h6-8,10,12H,4-5,9,11H2,1-3H3. The van der Waals surface area contributed by atoms with Crippen molar-refractivity contribution >= 4 is 11.7 Å². The molecule has 0 N–H and O–H groups in total. The van der Waals surface area contributed by atoms with Gasteiger partial charge in [0, 0.05) is 52.2 Å². The van der Waals surface area contributed by atoms with E-state index in [1.54, 1.807) is 28.0 Å². The van der Waals surface area contributed by atoms with E-state index in [0.717, 1.165) is 13.0 Å². The van der Waals surface area contributed by atoms with E-state index in [4.69, 9.17) is 4.74 Å². The molecule has 0 spiro atoms. The largest absolute Gasteiger partial charge is 0.470 e. The van der Waals surface area contributed by atoms with Crippen molar-refractivity contribution in [1.82, 2.24) is 24.6 Å². The van der Waals surface area contributed by atoms with Crippen molar-refractivity contribution in [2.45, 2.75) is 26.0 Å². The van der Waals surface area contributed by atoms with Crippen LogP contribution in [0.25, 0.3) is 0 Å². The van der Waals surface area contributed by atoms with Crippen molar-refractivity contribution in [2.24, 2.45) is 0 Å². The van der Waals surface area contributed by atoms with Crippen LogP contribution < -0.4 is 9.64 Å². The third-order valence-corrected chi connectivity index (χ3v) is 3.96. The van der Waals surface area contributed by atoms with Gasteiger partial charge in [0.25, 0.3) is 11.8 Å². The van der Waals surface area contributed by atoms with Gasteiger partial charge in [-0.2, -0.15) is 5.10 Å². The van der Waals surface area contributed by atoms with Gasteiger partial charge < -0.3 is 14.5 Å². The maximum atomic E-state index is 12.5. The zero-order valence-electron chi connectivity index (χ0n) is 14.2. The normalized spacial score (nSPS) is 17.1. The Morgan fingerprint density at radius 3 is 2.88 bits per heavy atom. The fraction of sp³-hybridized carbons (Fsp3) is 0.500. The Morgan fingerprint density at radius 2 is 2.17 bits per heavy atom. The van der Waals surface area contributed by atoms with Crippen molar-refractivity contribution in [1.29, 1.82) is 0 Å². The van der Waals surface area contributed by atoms with E-state index in [-0.39, 0.29) is 12.0 Å². The smallest absolute Gasteiger partial charge is 0.274 e. The average molecular weight is 330 g/mol. The number of anilines is 1. The first-order chi connectivity index (χ1) is 11.6. The lowest BCUT2D eigenvalue weighted by Gasteiger charge is -2.19. The first kappa shape index (κ1) is 16.2. The second-order valence-corrected chi connectivity index (χ2v) is 5.92. The van der Waals surface area contributed by atoms with Crippen LogP contribution in [0.2, 0.25) is 0 Å². The van der Waals surface area contributed by atoms with Crippen molar-refractivity contribution in [3.63, 3.8) is 0 Å². The number of amides is 1. The molecule has 1 aliphatic heterocycles. The molecule has 0 bridgehead atoms. The van der Waals surface area contributed by atoms with Crippen LogP contribution in [-0.2, 0) is 6.54 Å². The number of hydrogen-bond donors (Lipinski definition) is 0. The second kappa shape index (κ2) is 6.86. The van der Waals surface area contributed by atoms with Crippen molar-refractivity contribution in [3.8, 4) is 5.88 Å². The predicted molar refractivity (Wildman–Crippen MR) is 89.2 cm³/mol. The van der Waals surface area contributed by atoms with Crippen LogP contribution in [0.4, 0.5) is 5.82 Å². The van der Waals surface area contributed by atoms with Gasteiger partial charge in [-0.05, 0) is 13.0 Å². The molecular formula is C16H22N6O2. The molecular weight excluding hydrogens is 308 g/mol. The quantitative estimate of drug-likeness (QED) is 0.816. The molecule has 0 radical (unpaired) electrons. The molecule has 128 valence electrons. The molecule has 24 heavy (non-hydrogen) atoms. The Bertz CT molecular complexity index is 714. The summed E-state index contributed by atoms with van der Waals surface area (Å²) < 4.78 is 7.73. The van der Waals surface area contributed by atoms with Gasteiger partial charge in [0.15, 0.2) is 5.82 Å². The number of rotatable bonds is 5. The summed E-state index contributed by atoms with van der Waals surface area (Å²) in [6.07, 6.45) is 5.75. The van der Waals surface area contributed by atoms with Crippen LogP contribution in [0.5, 0.6) is 5.88 Å². The fourth-order valence-electron chi connectivity index (χ4n) is 2.69. The average Bonchev–Trinajstić information content (AvgIpc) is 3.23. The van der Waals surface area contributed by atoms with Crippen LogP contribution in [0.3, 0.4) is 0 Å². The summed E-state index contributed by atoms with van der Waals surface area (Å²) in [5.74, 6) is 1.13. The number of aryl methyl sites for hydroxylation is 1. The van der Waals surface area contributed by atoms with E-state index in [0.29, 0.717) is 30.5 Å². The summed E-state index contributed by atoms with van der Waals surface area (Å²) in [6, 6.07) is 1.76. The maximum Gasteiger partial charge on any atom is 0.274 e. The molecule has 2 aromatic rings. The number of hydrogen-bond acceptors (Lipinski definition) is 6. The number of aromatic nitrogens is 4. The summed E-state index contributed by atoms with van der Waals surface area (Å²) in [4.78, 5) is 24.7. The van der Waals surface area contributed by atoms with Crippen LogP contribution >= 0.6 is 0 Å². The van der Waals surface area contributed by atoms with Gasteiger partial charge in [0.05, 0.1) is 6.54 Å². The highest BCUT2D eigenvalue weighted by molar-refractivity contribution is 5.92. The Morgan fingerprint density at radius 1 is 1.38 bits per heavy atom. The SMILES string of the molecule is CCn1ccc(C(=O)N2CCC(Oc3nccnc3N(C)C)C2)n1. The first-order valence-corrected chi connectivity index (χ1v) is 8.06. The third kappa shape index (κ3) is 3.32. The lowest BCUT2D eigenvalue weighted by atomic mass is 10.3. The minimum Gasteiger partial charge on any atom is -0.470 e. The van der Waals surface area contributed by atoms with Crippen molar-refractivity contribution in [3.05, 3.63) is 30.4 Å². The molecule has 1 unspecified atom stereocenters. The fourth-order valence-corrected chi connectivity index (χ4v) is 2.69. The highest BCUT2D eigenvalue weighted by atomic mass is 16.5. The Hall–Kier alpha value is -2.64. The van der Waals surface area contributed by atoms with Gasteiger partial charge in [0.2, 0.25) is 0 Å². The lowest BCUT2D eigenvalue weighted by Crippen LogP contribution is -2.31. The molecule has 0 aliphatic carbocycles. The van der Waals surface area contributed by atoms with Crippen LogP contribution in [-0.4, -0.2) is 63.8 Å². The minimum absolute atomic E-state index is 0.0553. The molecule has 3 heterocycles. The van der Waals surface area contributed by atoms with E-state index in [1.807, 2.05) is 32.1 Å². The Labute approximate surface area is 141 Å². The molecule has 8 heteroatoms. The van der Waals surface area contributed by atoms with Crippen LogP contribution in [0, 0.1) is 0 Å². The first-order valence-electron chi connectivity index (χ1n) is 8.06. The van der Waals surface area contributed by atoms with E-state index in [9.17, 15) is 4.79 Å². The summed E-state index contributed by atoms with van der Waals surface area (Å²) in [5, 5.41) is 4.28. The summed E-state index contributed by atoms with van der Waals surface area (Å²) in [5.41, 5.74) is 0.478. The molecule has 1 fully saturated rings. The van der Waals surface area contributed by atoms with E-state index in [2.05, 4.69) is 15.1 Å². The highest BCUT2D eigenvalue weighted by Crippen LogP contribution is 2.24. The molecule has 3 rings (SSSR count). The molecule has 2 aromatic heterocycles. The molecule has 1 amide bonds. The summed E-state index contributed by atoms with van der Waals surface area (Å²) in [6.45, 7) is 3.92. The number of nitrogens with zero attached hydrogens (tertiary/aromatic N) is 6. The van der Waals surface area contributed by atoms with E-state index >= 15 is 0 Å². The van der Waals surface area contributed by atoms with Crippen LogP contribution in [0.1, 0.15) is 23.8 Å². The van der Waals surface area contributed by atoms with Gasteiger partial charge in [-0.3, -0.25) is 9.48 Å². The maximum absolute atomic E-state index is 12.5. The van der Waals surface area contributed by atoms with E-state index in [1.165, 1.54) is 0 Å². The Balaban J connectivity index is 1.64. The van der Waals surface area contributed by atoms with Gasteiger partial charge >= 0.3 is 0 Å². The topological polar surface area (TPSA) is 76.4 Å². The van der Waals surface area contributed by atoms with Gasteiger partial charge in [0.1, 0.15) is 11.8 Å². The zero-order valence-corrected chi connectivity index (χ0v) is 14.2. The van der Waals surface area contributed by atoms with Crippen molar-refractivity contribution < 1.29 is 9.53 Å². The molecule has 0 aromatic carbocycles. The summed E-state index contributed by atoms with van der Waals surface area (Å²) >= 11 is 0. The number of likely N-dealkylation sites (tertiary alicyclic amines) is 1. The molecule has 1 aliphatic rings. The van der Waals surface area contributed by atoms with Gasteiger partial charge in [-0.15, -0.1) is 0 Å². The summed E-state index contributed by atoms with van der Waals surface area (Å²) in [7, 11) is 3.79. The number of ether oxygens (including phenoxy) is 1. The predicted octanol–water partition coefficient (Wildman–Crippen LogP) is 1.05. The zero-order chi connectivity index (χ0) is 17.1. The third-order valence-electron chi connectivity index (χ3n) is 3.96. The van der Waals surface area contributed by atoms with Crippen molar-refractivity contribution in [2.75, 3.05) is 32.1 Å². The molecule has 0 saturated carbocycles. The monoisotopic (exact) mass is 330 g/mol. The molecule has 8 nitrogen and oxygen atoms in total. The van der Waals surface area contributed by atoms with Gasteiger partial charge in [-0.25, -0.2) is 9.97 Å². The molecule has 1 atom stereocenters. The van der Waals surface area contributed by atoms with E-state index < -0.39 is 0 Å².